The van der Waals surface area contributed by atoms with Crippen LogP contribution in [0, 0.1) is 11.8 Å². The summed E-state index contributed by atoms with van der Waals surface area (Å²) in [5.41, 5.74) is 0.0877. The van der Waals surface area contributed by atoms with Gasteiger partial charge in [0.15, 0.2) is 11.2 Å². The number of methoxy groups -OCH3 is 2. The van der Waals surface area contributed by atoms with Crippen LogP contribution in [0.15, 0.2) is 48.6 Å². The lowest BCUT2D eigenvalue weighted by molar-refractivity contribution is -0.178. The number of ether oxygens (including phenoxy) is 3. The maximum absolute atomic E-state index is 13.7. The standard InChI is InChI=1S/C22H24O5/c1-4-27-18(23)10-12-21(25-2)17-9-11-22(26-3,20(21)24)19-15-8-6-5-7-14(15)13-16(17)19/h5-12,16-17,19H,4,13H2,1-3H3/b12-10+/t16-,17+,19-,21-,22+/m0/s1. The summed E-state index contributed by atoms with van der Waals surface area (Å²) < 4.78 is 16.7. The summed E-state index contributed by atoms with van der Waals surface area (Å²) in [4.78, 5) is 25.6. The van der Waals surface area contributed by atoms with Crippen LogP contribution in [0.25, 0.3) is 0 Å². The van der Waals surface area contributed by atoms with Gasteiger partial charge in [-0.2, -0.15) is 0 Å². The second-order valence-corrected chi connectivity index (χ2v) is 7.34. The molecule has 0 N–H and O–H groups in total. The van der Waals surface area contributed by atoms with E-state index in [0.717, 1.165) is 6.42 Å². The Morgan fingerprint density at radius 3 is 2.74 bits per heavy atom. The van der Waals surface area contributed by atoms with Gasteiger partial charge in [0.1, 0.15) is 0 Å². The fourth-order valence-corrected chi connectivity index (χ4v) is 5.29. The van der Waals surface area contributed by atoms with Crippen LogP contribution in [0.4, 0.5) is 0 Å². The summed E-state index contributed by atoms with van der Waals surface area (Å²) >= 11 is 0. The summed E-state index contributed by atoms with van der Waals surface area (Å²) in [7, 11) is 3.09. The van der Waals surface area contributed by atoms with Crippen molar-refractivity contribution in [3.8, 4) is 0 Å². The zero-order valence-electron chi connectivity index (χ0n) is 15.8. The Kier molecular flexibility index (Phi) is 4.32. The number of hydrogen-bond acceptors (Lipinski definition) is 5. The molecule has 5 rings (SSSR count). The van der Waals surface area contributed by atoms with Gasteiger partial charge in [0, 0.05) is 32.1 Å². The highest BCUT2D eigenvalue weighted by atomic mass is 16.5. The maximum atomic E-state index is 13.7. The second-order valence-electron chi connectivity index (χ2n) is 7.34. The molecule has 4 aliphatic rings. The molecule has 1 aromatic rings. The molecule has 0 aromatic heterocycles. The molecule has 0 unspecified atom stereocenters. The molecule has 2 bridgehead atoms. The molecule has 1 saturated carbocycles. The third-order valence-electron chi connectivity index (χ3n) is 6.38. The lowest BCUT2D eigenvalue weighted by atomic mass is 9.53. The van der Waals surface area contributed by atoms with E-state index >= 15 is 0 Å². The van der Waals surface area contributed by atoms with Crippen LogP contribution in [0.5, 0.6) is 0 Å². The van der Waals surface area contributed by atoms with Crippen molar-refractivity contribution in [1.82, 2.24) is 0 Å². The molecule has 0 aliphatic heterocycles. The largest absolute Gasteiger partial charge is 0.463 e. The Morgan fingerprint density at radius 2 is 2.04 bits per heavy atom. The third-order valence-corrected chi connectivity index (χ3v) is 6.38. The van der Waals surface area contributed by atoms with Crippen LogP contribution in [-0.2, 0) is 30.2 Å². The van der Waals surface area contributed by atoms with Crippen molar-refractivity contribution in [1.29, 1.82) is 0 Å². The van der Waals surface area contributed by atoms with Crippen molar-refractivity contribution in [2.24, 2.45) is 11.8 Å². The Labute approximate surface area is 159 Å². The van der Waals surface area contributed by atoms with E-state index in [1.807, 2.05) is 24.3 Å². The minimum Gasteiger partial charge on any atom is -0.463 e. The van der Waals surface area contributed by atoms with Gasteiger partial charge >= 0.3 is 5.97 Å². The predicted molar refractivity (Wildman–Crippen MR) is 99.3 cm³/mol. The first-order valence-corrected chi connectivity index (χ1v) is 9.32. The molecule has 1 aromatic carbocycles. The maximum Gasteiger partial charge on any atom is 0.330 e. The Hall–Kier alpha value is -2.24. The molecule has 1 fully saturated rings. The van der Waals surface area contributed by atoms with Crippen LogP contribution >= 0.6 is 0 Å². The molecule has 5 heteroatoms. The monoisotopic (exact) mass is 368 g/mol. The van der Waals surface area contributed by atoms with E-state index in [4.69, 9.17) is 14.2 Å². The lowest BCUT2D eigenvalue weighted by Crippen LogP contribution is -2.68. The van der Waals surface area contributed by atoms with Gasteiger partial charge in [-0.15, -0.1) is 0 Å². The van der Waals surface area contributed by atoms with Gasteiger partial charge in [0.2, 0.25) is 5.78 Å². The fourth-order valence-electron chi connectivity index (χ4n) is 5.29. The molecule has 0 saturated heterocycles. The van der Waals surface area contributed by atoms with Crippen molar-refractivity contribution in [2.45, 2.75) is 30.5 Å². The number of benzene rings is 1. The zero-order chi connectivity index (χ0) is 19.2. The smallest absolute Gasteiger partial charge is 0.330 e. The first kappa shape index (κ1) is 18.1. The van der Waals surface area contributed by atoms with E-state index in [1.165, 1.54) is 24.3 Å². The SMILES string of the molecule is CCOC(=O)/C=C/[C@@]1(OC)C(=O)[C@@]2(OC)C=C[C@@H]1[C@@H]1Cc3ccccc3[C@@H]12. The van der Waals surface area contributed by atoms with E-state index in [0.29, 0.717) is 0 Å². The van der Waals surface area contributed by atoms with Crippen LogP contribution in [0.1, 0.15) is 24.0 Å². The quantitative estimate of drug-likeness (QED) is 0.454. The van der Waals surface area contributed by atoms with Gasteiger partial charge in [-0.05, 0) is 42.5 Å². The van der Waals surface area contributed by atoms with Crippen molar-refractivity contribution < 1.29 is 23.8 Å². The molecule has 5 nitrogen and oxygen atoms in total. The Balaban J connectivity index is 1.83. The first-order chi connectivity index (χ1) is 13.0. The highest BCUT2D eigenvalue weighted by Gasteiger charge is 2.69. The van der Waals surface area contributed by atoms with Gasteiger partial charge in [-0.25, -0.2) is 4.79 Å². The number of fused-ring (bicyclic) bond motifs is 2. The van der Waals surface area contributed by atoms with Gasteiger partial charge in [0.05, 0.1) is 6.61 Å². The van der Waals surface area contributed by atoms with E-state index in [2.05, 4.69) is 12.1 Å². The van der Waals surface area contributed by atoms with Crippen molar-refractivity contribution in [2.75, 3.05) is 20.8 Å². The number of carbonyl (C=O) groups excluding carboxylic acids is 2. The van der Waals surface area contributed by atoms with Crippen molar-refractivity contribution in [3.63, 3.8) is 0 Å². The van der Waals surface area contributed by atoms with Crippen molar-refractivity contribution >= 4 is 11.8 Å². The van der Waals surface area contributed by atoms with Crippen LogP contribution < -0.4 is 0 Å². The summed E-state index contributed by atoms with van der Waals surface area (Å²) in [5.74, 6) is -0.691. The van der Waals surface area contributed by atoms with Gasteiger partial charge < -0.3 is 14.2 Å². The number of esters is 1. The molecular weight excluding hydrogens is 344 g/mol. The summed E-state index contributed by atoms with van der Waals surface area (Å²) in [6, 6.07) is 8.23. The normalized spacial score (nSPS) is 36.1. The molecule has 0 amide bonds. The lowest BCUT2D eigenvalue weighted by Gasteiger charge is -2.56. The number of ketones is 1. The molecule has 4 aliphatic carbocycles. The number of Topliss-reactive ketones (excluding diaryl/α,β-unsaturated/α-hetero) is 1. The second kappa shape index (κ2) is 6.43. The highest BCUT2D eigenvalue weighted by molar-refractivity contribution is 6.03. The van der Waals surface area contributed by atoms with Crippen LogP contribution in [0.3, 0.4) is 0 Å². The van der Waals surface area contributed by atoms with E-state index < -0.39 is 17.2 Å². The van der Waals surface area contributed by atoms with Crippen LogP contribution in [-0.4, -0.2) is 43.8 Å². The molecule has 142 valence electrons. The third kappa shape index (κ3) is 2.31. The average Bonchev–Trinajstić information content (AvgIpc) is 3.09. The summed E-state index contributed by atoms with van der Waals surface area (Å²) in [6.07, 6.45) is 7.64. The molecule has 0 spiro atoms. The summed E-state index contributed by atoms with van der Waals surface area (Å²) in [6.45, 7) is 2.02. The van der Waals surface area contributed by atoms with E-state index in [1.54, 1.807) is 20.1 Å². The number of carbonyl (C=O) groups is 2. The van der Waals surface area contributed by atoms with Gasteiger partial charge in [-0.1, -0.05) is 30.3 Å². The minimum absolute atomic E-state index is 0.0412. The Bertz CT molecular complexity index is 841. The predicted octanol–water partition coefficient (Wildman–Crippen LogP) is 2.60. The average molecular weight is 368 g/mol. The van der Waals surface area contributed by atoms with Gasteiger partial charge in [0.25, 0.3) is 0 Å². The van der Waals surface area contributed by atoms with Crippen LogP contribution in [0.2, 0.25) is 0 Å². The molecule has 0 radical (unpaired) electrons. The first-order valence-electron chi connectivity index (χ1n) is 9.32. The topological polar surface area (TPSA) is 61.8 Å². The molecule has 0 heterocycles. The van der Waals surface area contributed by atoms with Crippen molar-refractivity contribution in [3.05, 3.63) is 59.7 Å². The fraction of sp³-hybridized carbons (Fsp3) is 0.455. The highest BCUT2D eigenvalue weighted by Crippen LogP contribution is 2.61. The summed E-state index contributed by atoms with van der Waals surface area (Å²) in [5, 5.41) is 0. The zero-order valence-corrected chi connectivity index (χ0v) is 15.8. The minimum atomic E-state index is -1.24. The number of hydrogen-bond donors (Lipinski definition) is 0. The molecule has 5 atom stereocenters. The van der Waals surface area contributed by atoms with E-state index in [9.17, 15) is 9.59 Å². The van der Waals surface area contributed by atoms with E-state index in [-0.39, 0.29) is 30.1 Å². The number of rotatable bonds is 5. The molecule has 27 heavy (non-hydrogen) atoms. The Morgan fingerprint density at radius 1 is 1.26 bits per heavy atom. The molecular formula is C22H24O5. The van der Waals surface area contributed by atoms with Gasteiger partial charge in [-0.3, -0.25) is 4.79 Å².